The molecule has 1 saturated heterocycles. The van der Waals surface area contributed by atoms with Crippen molar-refractivity contribution in [2.75, 3.05) is 19.6 Å². The van der Waals surface area contributed by atoms with Gasteiger partial charge in [0.2, 0.25) is 5.91 Å². The predicted octanol–water partition coefficient (Wildman–Crippen LogP) is 2.43. The van der Waals surface area contributed by atoms with Crippen molar-refractivity contribution in [1.29, 1.82) is 0 Å². The zero-order valence-corrected chi connectivity index (χ0v) is 11.7. The minimum atomic E-state index is 0.100. The molecule has 1 aromatic rings. The second-order valence-electron chi connectivity index (χ2n) is 4.64. The Bertz CT molecular complexity index is 426. The Kier molecular flexibility index (Phi) is 4.49. The number of carbonyl (C=O) groups is 1. The van der Waals surface area contributed by atoms with E-state index in [1.807, 2.05) is 25.1 Å². The summed E-state index contributed by atoms with van der Waals surface area (Å²) in [6, 6.07) is 5.45. The van der Waals surface area contributed by atoms with Gasteiger partial charge in [0.25, 0.3) is 0 Å². The number of halogens is 2. The monoisotopic (exact) mass is 286 g/mol. The SMILES string of the molecule is CC(CNC(=O)C1CNC1)c1c(Cl)cccc1Cl. The van der Waals surface area contributed by atoms with Crippen molar-refractivity contribution in [3.05, 3.63) is 33.8 Å². The average Bonchev–Trinajstić information content (AvgIpc) is 2.23. The first kappa shape index (κ1) is 13.7. The minimum Gasteiger partial charge on any atom is -0.355 e. The predicted molar refractivity (Wildman–Crippen MR) is 74.2 cm³/mol. The van der Waals surface area contributed by atoms with Gasteiger partial charge in [-0.25, -0.2) is 0 Å². The molecule has 0 radical (unpaired) electrons. The quantitative estimate of drug-likeness (QED) is 0.893. The van der Waals surface area contributed by atoms with Crippen LogP contribution >= 0.6 is 23.2 Å². The van der Waals surface area contributed by atoms with Crippen LogP contribution in [0.15, 0.2) is 18.2 Å². The van der Waals surface area contributed by atoms with Crippen LogP contribution in [0.5, 0.6) is 0 Å². The molecule has 0 saturated carbocycles. The van der Waals surface area contributed by atoms with Crippen LogP contribution in [-0.4, -0.2) is 25.5 Å². The smallest absolute Gasteiger partial charge is 0.225 e. The van der Waals surface area contributed by atoms with E-state index in [0.717, 1.165) is 18.7 Å². The molecule has 2 N–H and O–H groups in total. The molecule has 1 unspecified atom stereocenters. The topological polar surface area (TPSA) is 41.1 Å². The molecule has 1 aliphatic heterocycles. The number of hydrogen-bond acceptors (Lipinski definition) is 2. The molecule has 3 nitrogen and oxygen atoms in total. The summed E-state index contributed by atoms with van der Waals surface area (Å²) in [5, 5.41) is 7.31. The molecular weight excluding hydrogens is 271 g/mol. The maximum atomic E-state index is 11.7. The van der Waals surface area contributed by atoms with Gasteiger partial charge in [-0.15, -0.1) is 0 Å². The number of benzene rings is 1. The molecule has 2 rings (SSSR count). The maximum Gasteiger partial charge on any atom is 0.225 e. The van der Waals surface area contributed by atoms with Crippen LogP contribution in [0, 0.1) is 5.92 Å². The highest BCUT2D eigenvalue weighted by Crippen LogP contribution is 2.30. The summed E-state index contributed by atoms with van der Waals surface area (Å²) in [4.78, 5) is 11.7. The molecule has 98 valence electrons. The van der Waals surface area contributed by atoms with E-state index >= 15 is 0 Å². The Labute approximate surface area is 117 Å². The Morgan fingerprint density at radius 3 is 2.56 bits per heavy atom. The van der Waals surface area contributed by atoms with Crippen LogP contribution in [0.2, 0.25) is 10.0 Å². The van der Waals surface area contributed by atoms with Crippen LogP contribution in [0.1, 0.15) is 18.4 Å². The van der Waals surface area contributed by atoms with Gasteiger partial charge in [-0.1, -0.05) is 36.2 Å². The summed E-state index contributed by atoms with van der Waals surface area (Å²) in [5.41, 5.74) is 0.896. The molecule has 0 aromatic heterocycles. The summed E-state index contributed by atoms with van der Waals surface area (Å²) in [5.74, 6) is 0.311. The van der Waals surface area contributed by atoms with Crippen LogP contribution in [-0.2, 0) is 4.79 Å². The molecule has 18 heavy (non-hydrogen) atoms. The van der Waals surface area contributed by atoms with E-state index in [2.05, 4.69) is 10.6 Å². The fraction of sp³-hybridized carbons (Fsp3) is 0.462. The lowest BCUT2D eigenvalue weighted by Crippen LogP contribution is -2.51. The van der Waals surface area contributed by atoms with Crippen LogP contribution < -0.4 is 10.6 Å². The van der Waals surface area contributed by atoms with Crippen LogP contribution in [0.3, 0.4) is 0 Å². The maximum absolute atomic E-state index is 11.7. The van der Waals surface area contributed by atoms with E-state index in [4.69, 9.17) is 23.2 Å². The third-order valence-corrected chi connectivity index (χ3v) is 3.89. The second kappa shape index (κ2) is 5.91. The van der Waals surface area contributed by atoms with Gasteiger partial charge in [0, 0.05) is 35.6 Å². The van der Waals surface area contributed by atoms with E-state index < -0.39 is 0 Å². The van der Waals surface area contributed by atoms with Crippen molar-refractivity contribution in [3.8, 4) is 0 Å². The third kappa shape index (κ3) is 2.97. The Balaban J connectivity index is 1.94. The fourth-order valence-corrected chi connectivity index (χ4v) is 2.73. The van der Waals surface area contributed by atoms with Crippen LogP contribution in [0.25, 0.3) is 0 Å². The van der Waals surface area contributed by atoms with Gasteiger partial charge in [0.05, 0.1) is 5.92 Å². The highest BCUT2D eigenvalue weighted by molar-refractivity contribution is 6.36. The molecule has 0 spiro atoms. The van der Waals surface area contributed by atoms with Gasteiger partial charge in [0.1, 0.15) is 0 Å². The Hall–Kier alpha value is -0.770. The number of hydrogen-bond donors (Lipinski definition) is 2. The summed E-state index contributed by atoms with van der Waals surface area (Å²) in [6.07, 6.45) is 0. The van der Waals surface area contributed by atoms with Gasteiger partial charge in [-0.2, -0.15) is 0 Å². The molecule has 0 bridgehead atoms. The largest absolute Gasteiger partial charge is 0.355 e. The first-order chi connectivity index (χ1) is 8.59. The summed E-state index contributed by atoms with van der Waals surface area (Å²) >= 11 is 12.3. The molecule has 1 heterocycles. The minimum absolute atomic E-state index is 0.100. The molecule has 0 aliphatic carbocycles. The lowest BCUT2D eigenvalue weighted by atomic mass is 9.99. The van der Waals surface area contributed by atoms with Crippen molar-refractivity contribution in [2.45, 2.75) is 12.8 Å². The van der Waals surface area contributed by atoms with Crippen molar-refractivity contribution in [3.63, 3.8) is 0 Å². The van der Waals surface area contributed by atoms with Crippen molar-refractivity contribution < 1.29 is 4.79 Å². The van der Waals surface area contributed by atoms with Crippen molar-refractivity contribution >= 4 is 29.1 Å². The molecule has 1 amide bonds. The molecule has 5 heteroatoms. The van der Waals surface area contributed by atoms with E-state index in [-0.39, 0.29) is 17.7 Å². The molecule has 1 atom stereocenters. The first-order valence-corrected chi connectivity index (χ1v) is 6.77. The van der Waals surface area contributed by atoms with E-state index in [1.54, 1.807) is 0 Å². The molecule has 1 aliphatic rings. The highest BCUT2D eigenvalue weighted by Gasteiger charge is 2.25. The second-order valence-corrected chi connectivity index (χ2v) is 5.45. The van der Waals surface area contributed by atoms with Crippen molar-refractivity contribution in [2.24, 2.45) is 5.92 Å². The van der Waals surface area contributed by atoms with Gasteiger partial charge in [0.15, 0.2) is 0 Å². The molecule has 1 aromatic carbocycles. The zero-order chi connectivity index (χ0) is 13.1. The zero-order valence-electron chi connectivity index (χ0n) is 10.2. The van der Waals surface area contributed by atoms with Crippen molar-refractivity contribution in [1.82, 2.24) is 10.6 Å². The lowest BCUT2D eigenvalue weighted by molar-refractivity contribution is -0.126. The van der Waals surface area contributed by atoms with Gasteiger partial charge < -0.3 is 10.6 Å². The van der Waals surface area contributed by atoms with Crippen LogP contribution in [0.4, 0.5) is 0 Å². The fourth-order valence-electron chi connectivity index (χ4n) is 1.96. The normalized spacial score (nSPS) is 17.1. The third-order valence-electron chi connectivity index (χ3n) is 3.23. The summed E-state index contributed by atoms with van der Waals surface area (Å²) < 4.78 is 0. The summed E-state index contributed by atoms with van der Waals surface area (Å²) in [7, 11) is 0. The van der Waals surface area contributed by atoms with Gasteiger partial charge >= 0.3 is 0 Å². The highest BCUT2D eigenvalue weighted by atomic mass is 35.5. The number of rotatable bonds is 4. The van der Waals surface area contributed by atoms with E-state index in [9.17, 15) is 4.79 Å². The Morgan fingerprint density at radius 2 is 2.06 bits per heavy atom. The number of amides is 1. The number of carbonyl (C=O) groups excluding carboxylic acids is 1. The van der Waals surface area contributed by atoms with E-state index in [0.29, 0.717) is 16.6 Å². The standard InChI is InChI=1S/C13H16Cl2N2O/c1-8(5-17-13(18)9-6-16-7-9)12-10(14)3-2-4-11(12)15/h2-4,8-9,16H,5-7H2,1H3,(H,17,18). The number of nitrogens with one attached hydrogen (secondary N) is 2. The molecule has 1 fully saturated rings. The molecular formula is C13H16Cl2N2O. The van der Waals surface area contributed by atoms with Gasteiger partial charge in [-0.3, -0.25) is 4.79 Å². The Morgan fingerprint density at radius 1 is 1.44 bits per heavy atom. The average molecular weight is 287 g/mol. The first-order valence-electron chi connectivity index (χ1n) is 6.02. The lowest BCUT2D eigenvalue weighted by Gasteiger charge is -2.26. The van der Waals surface area contributed by atoms with E-state index in [1.165, 1.54) is 0 Å². The summed E-state index contributed by atoms with van der Waals surface area (Å²) in [6.45, 7) is 4.10. The van der Waals surface area contributed by atoms with Gasteiger partial charge in [-0.05, 0) is 17.7 Å².